The third-order valence-corrected chi connectivity index (χ3v) is 14.5. The molecule has 0 radical (unpaired) electrons. The minimum absolute atomic E-state index is 0.00384. The first-order chi connectivity index (χ1) is 30.2. The van der Waals surface area contributed by atoms with Gasteiger partial charge in [0.25, 0.3) is 6.71 Å². The van der Waals surface area contributed by atoms with E-state index in [0.717, 1.165) is 56.5 Å². The van der Waals surface area contributed by atoms with Gasteiger partial charge in [0, 0.05) is 38.2 Å². The number of hydrogen-bond acceptors (Lipinski definition) is 4. The Bertz CT molecular complexity index is 3060. The maximum absolute atomic E-state index is 9.36. The zero-order chi connectivity index (χ0) is 45.2. The fourth-order valence-corrected chi connectivity index (χ4v) is 10.8. The van der Waals surface area contributed by atoms with E-state index in [-0.39, 0.29) is 28.4 Å². The highest BCUT2D eigenvalue weighted by atomic mass is 32.1. The standard InChI is InChI=1S/C58H59BN2OS/c1-55(2,3)36-20-27-40(28-21-36)60(41-29-22-37(23-30-41)56(4,5)6)53-52-46(35-44-43-16-13-14-19-50(43)63-54(44)53)59-45-34-39(58(10,11)12)26-33-48(45)62-49-18-15-17-47(51(49)59)61(52)42-31-24-38(25-32-42)57(7,8)9/h13-35H,1-12H3/i15D. The summed E-state index contributed by atoms with van der Waals surface area (Å²) in [5.41, 5.74) is 14.9. The van der Waals surface area contributed by atoms with Crippen molar-refractivity contribution in [3.63, 3.8) is 0 Å². The Kier molecular flexibility index (Phi) is 9.13. The van der Waals surface area contributed by atoms with Crippen LogP contribution < -0.4 is 30.9 Å². The van der Waals surface area contributed by atoms with Crippen molar-refractivity contribution >= 4 is 88.7 Å². The van der Waals surface area contributed by atoms with Gasteiger partial charge in [0.15, 0.2) is 0 Å². The van der Waals surface area contributed by atoms with Crippen molar-refractivity contribution in [2.75, 3.05) is 9.80 Å². The molecule has 8 aromatic rings. The SMILES string of the molecule is [2H]c1cc2c3c(c1)N(c1ccc(C(C)(C)C)cc1)c1c(cc4c(sc5ccccc54)c1N(c1ccc(C(C)(C)C)cc1)c1ccc(C(C)(C)C)cc1)B3c1cc(C(C)(C)C)ccc1O2. The predicted molar refractivity (Wildman–Crippen MR) is 275 cm³/mol. The maximum atomic E-state index is 9.36. The minimum Gasteiger partial charge on any atom is -0.458 e. The van der Waals surface area contributed by atoms with Gasteiger partial charge in [-0.3, -0.25) is 0 Å². The van der Waals surface area contributed by atoms with Crippen molar-refractivity contribution in [1.29, 1.82) is 0 Å². The molecule has 63 heavy (non-hydrogen) atoms. The highest BCUT2D eigenvalue weighted by molar-refractivity contribution is 7.26. The third-order valence-electron chi connectivity index (χ3n) is 13.3. The van der Waals surface area contributed by atoms with E-state index >= 15 is 0 Å². The summed E-state index contributed by atoms with van der Waals surface area (Å²) in [5.74, 6) is 1.59. The maximum Gasteiger partial charge on any atom is 0.256 e. The van der Waals surface area contributed by atoms with E-state index in [4.69, 9.17) is 4.74 Å². The molecule has 316 valence electrons. The average molecular weight is 844 g/mol. The van der Waals surface area contributed by atoms with Crippen molar-refractivity contribution in [1.82, 2.24) is 0 Å². The quantitative estimate of drug-likeness (QED) is 0.164. The molecule has 0 N–H and O–H groups in total. The Labute approximate surface area is 380 Å². The highest BCUT2D eigenvalue weighted by Crippen LogP contribution is 2.54. The average Bonchev–Trinajstić information content (AvgIpc) is 3.61. The van der Waals surface area contributed by atoms with Gasteiger partial charge in [-0.15, -0.1) is 11.3 Å². The zero-order valence-corrected chi connectivity index (χ0v) is 39.8. The van der Waals surface area contributed by atoms with Crippen LogP contribution in [0.3, 0.4) is 0 Å². The Morgan fingerprint density at radius 1 is 0.540 bits per heavy atom. The van der Waals surface area contributed by atoms with Crippen LogP contribution >= 0.6 is 11.3 Å². The molecular weight excluding hydrogens is 784 g/mol. The Morgan fingerprint density at radius 2 is 1.08 bits per heavy atom. The van der Waals surface area contributed by atoms with Gasteiger partial charge in [-0.25, -0.2) is 0 Å². The molecule has 2 aliphatic rings. The number of benzene rings is 7. The lowest BCUT2D eigenvalue weighted by atomic mass is 9.34. The highest BCUT2D eigenvalue weighted by Gasteiger charge is 2.45. The molecule has 0 spiro atoms. The molecule has 0 amide bonds. The number of ether oxygens (including phenoxy) is 1. The van der Waals surface area contributed by atoms with Crippen molar-refractivity contribution in [2.24, 2.45) is 0 Å². The van der Waals surface area contributed by atoms with Crippen LogP contribution in [0, 0.1) is 0 Å². The van der Waals surface area contributed by atoms with Crippen molar-refractivity contribution in [2.45, 2.75) is 105 Å². The summed E-state index contributed by atoms with van der Waals surface area (Å²) in [5, 5.41) is 2.49. The molecule has 0 atom stereocenters. The van der Waals surface area contributed by atoms with E-state index in [9.17, 15) is 1.37 Å². The summed E-state index contributed by atoms with van der Waals surface area (Å²) in [4.78, 5) is 4.98. The van der Waals surface area contributed by atoms with Gasteiger partial charge in [-0.05, 0) is 121 Å². The first-order valence-corrected chi connectivity index (χ1v) is 23.4. The van der Waals surface area contributed by atoms with Gasteiger partial charge in [0.05, 0.1) is 17.4 Å². The topological polar surface area (TPSA) is 15.7 Å². The smallest absolute Gasteiger partial charge is 0.256 e. The van der Waals surface area contributed by atoms with E-state index in [2.05, 4.69) is 220 Å². The zero-order valence-electron chi connectivity index (χ0n) is 40.0. The summed E-state index contributed by atoms with van der Waals surface area (Å²) in [6.45, 7) is 27.2. The Balaban J connectivity index is 1.39. The van der Waals surface area contributed by atoms with Crippen LogP contribution in [0.2, 0.25) is 0 Å². The normalized spacial score (nSPS) is 14.0. The second-order valence-corrected chi connectivity index (χ2v) is 22.9. The molecule has 2 aliphatic heterocycles. The molecule has 0 bridgehead atoms. The fraction of sp³-hybridized carbons (Fsp3) is 0.276. The Morgan fingerprint density at radius 3 is 1.65 bits per heavy atom. The molecule has 5 heteroatoms. The second-order valence-electron chi connectivity index (χ2n) is 21.9. The molecule has 10 rings (SSSR count). The van der Waals surface area contributed by atoms with Gasteiger partial charge >= 0.3 is 0 Å². The van der Waals surface area contributed by atoms with Crippen LogP contribution in [0.5, 0.6) is 11.5 Å². The molecule has 0 saturated heterocycles. The Hall–Kier alpha value is -5.78. The van der Waals surface area contributed by atoms with E-state index in [1.165, 1.54) is 47.9 Å². The number of nitrogens with zero attached hydrogens (tertiary/aromatic N) is 2. The number of rotatable bonds is 4. The first kappa shape index (κ1) is 40.0. The molecular formula is C58H59BN2OS. The van der Waals surface area contributed by atoms with Crippen LogP contribution in [0.15, 0.2) is 140 Å². The van der Waals surface area contributed by atoms with E-state index in [1.807, 2.05) is 17.4 Å². The largest absolute Gasteiger partial charge is 0.458 e. The fourth-order valence-electron chi connectivity index (χ4n) is 9.61. The van der Waals surface area contributed by atoms with Gasteiger partial charge < -0.3 is 14.5 Å². The molecule has 1 aromatic heterocycles. The van der Waals surface area contributed by atoms with Crippen LogP contribution in [-0.2, 0) is 21.7 Å². The van der Waals surface area contributed by atoms with Crippen molar-refractivity contribution < 1.29 is 6.11 Å². The first-order valence-electron chi connectivity index (χ1n) is 23.0. The van der Waals surface area contributed by atoms with Gasteiger partial charge in [0.1, 0.15) is 11.5 Å². The van der Waals surface area contributed by atoms with E-state index < -0.39 is 0 Å². The lowest BCUT2D eigenvalue weighted by molar-refractivity contribution is 0.486. The van der Waals surface area contributed by atoms with Crippen molar-refractivity contribution in [3.8, 4) is 11.5 Å². The number of anilines is 6. The summed E-state index contributed by atoms with van der Waals surface area (Å²) >= 11 is 1.87. The summed E-state index contributed by atoms with van der Waals surface area (Å²) < 4.78 is 18.7. The molecule has 0 saturated carbocycles. The van der Waals surface area contributed by atoms with Gasteiger partial charge in [-0.2, -0.15) is 0 Å². The lowest BCUT2D eigenvalue weighted by Gasteiger charge is -2.43. The minimum atomic E-state index is -0.160. The van der Waals surface area contributed by atoms with Crippen molar-refractivity contribution in [3.05, 3.63) is 162 Å². The predicted octanol–water partition coefficient (Wildman–Crippen LogP) is 15.1. The van der Waals surface area contributed by atoms with Gasteiger partial charge in [0.2, 0.25) is 0 Å². The van der Waals surface area contributed by atoms with Crippen LogP contribution in [-0.4, -0.2) is 6.71 Å². The molecule has 3 heterocycles. The van der Waals surface area contributed by atoms with E-state index in [1.54, 1.807) is 0 Å². The molecule has 7 aromatic carbocycles. The van der Waals surface area contributed by atoms with Crippen LogP contribution in [0.4, 0.5) is 34.1 Å². The molecule has 0 aliphatic carbocycles. The second kappa shape index (κ2) is 14.4. The monoisotopic (exact) mass is 843 g/mol. The molecule has 0 fully saturated rings. The van der Waals surface area contributed by atoms with E-state index in [0.29, 0.717) is 6.04 Å². The summed E-state index contributed by atoms with van der Waals surface area (Å²) in [6, 6.07) is 50.2. The lowest BCUT2D eigenvalue weighted by Crippen LogP contribution is -2.59. The van der Waals surface area contributed by atoms with Crippen LogP contribution in [0.25, 0.3) is 20.2 Å². The number of hydrogen-bond donors (Lipinski definition) is 0. The van der Waals surface area contributed by atoms with Crippen LogP contribution in [0.1, 0.15) is 107 Å². The summed E-state index contributed by atoms with van der Waals surface area (Å²) in [7, 11) is 0. The molecule has 0 unspecified atom stereocenters. The van der Waals surface area contributed by atoms with Gasteiger partial charge in [-0.1, -0.05) is 162 Å². The number of thiophene rings is 1. The molecule has 3 nitrogen and oxygen atoms in total. The summed E-state index contributed by atoms with van der Waals surface area (Å²) in [6.07, 6.45) is 0. The third kappa shape index (κ3) is 6.95. The number of fused-ring (bicyclic) bond motifs is 7.